The lowest BCUT2D eigenvalue weighted by Gasteiger charge is -2.36. The van der Waals surface area contributed by atoms with Gasteiger partial charge in [0.15, 0.2) is 0 Å². The van der Waals surface area contributed by atoms with Gasteiger partial charge in [0.2, 0.25) is 5.91 Å². The molecule has 1 aliphatic carbocycles. The van der Waals surface area contributed by atoms with Gasteiger partial charge in [-0.15, -0.1) is 0 Å². The zero-order chi connectivity index (χ0) is 11.5. The minimum Gasteiger partial charge on any atom is -0.338 e. The second-order valence-corrected chi connectivity index (χ2v) is 6.14. The molecule has 16 heavy (non-hydrogen) atoms. The van der Waals surface area contributed by atoms with Crippen molar-refractivity contribution in [1.29, 1.82) is 0 Å². The van der Waals surface area contributed by atoms with Crippen LogP contribution >= 0.6 is 11.8 Å². The fourth-order valence-corrected chi connectivity index (χ4v) is 3.93. The Morgan fingerprint density at radius 1 is 1.50 bits per heavy atom. The molecule has 2 rings (SSSR count). The fraction of sp³-hybridized carbons (Fsp3) is 0.917. The molecule has 1 aliphatic heterocycles. The fourth-order valence-electron chi connectivity index (χ4n) is 2.91. The van der Waals surface area contributed by atoms with Crippen LogP contribution in [0.4, 0.5) is 0 Å². The van der Waals surface area contributed by atoms with Crippen LogP contribution in [0.5, 0.6) is 0 Å². The van der Waals surface area contributed by atoms with E-state index in [0.29, 0.717) is 24.4 Å². The summed E-state index contributed by atoms with van der Waals surface area (Å²) in [4.78, 5) is 14.5. The van der Waals surface area contributed by atoms with Crippen molar-refractivity contribution in [2.75, 3.05) is 24.6 Å². The molecule has 92 valence electrons. The molecular weight excluding hydrogens is 220 g/mol. The molecule has 0 aromatic rings. The quantitative estimate of drug-likeness (QED) is 0.794. The molecule has 3 atom stereocenters. The Balaban J connectivity index is 2.00. The summed E-state index contributed by atoms with van der Waals surface area (Å²) in [5, 5.41) is 0. The largest absolute Gasteiger partial charge is 0.338 e. The lowest BCUT2D eigenvalue weighted by molar-refractivity contribution is -0.138. The summed E-state index contributed by atoms with van der Waals surface area (Å²) in [5.41, 5.74) is 5.75. The van der Waals surface area contributed by atoms with E-state index < -0.39 is 0 Å². The summed E-state index contributed by atoms with van der Waals surface area (Å²) in [7, 11) is 0. The molecule has 0 aromatic carbocycles. The van der Waals surface area contributed by atoms with E-state index in [9.17, 15) is 4.79 Å². The highest BCUT2D eigenvalue weighted by molar-refractivity contribution is 7.99. The summed E-state index contributed by atoms with van der Waals surface area (Å²) in [6, 6.07) is 0.408. The van der Waals surface area contributed by atoms with Gasteiger partial charge in [-0.1, -0.05) is 6.42 Å². The zero-order valence-electron chi connectivity index (χ0n) is 10.0. The van der Waals surface area contributed by atoms with Crippen molar-refractivity contribution < 1.29 is 4.79 Å². The van der Waals surface area contributed by atoms with Crippen molar-refractivity contribution in [2.24, 2.45) is 17.6 Å². The lowest BCUT2D eigenvalue weighted by Crippen LogP contribution is -2.48. The predicted molar refractivity (Wildman–Crippen MR) is 68.4 cm³/mol. The number of carbonyl (C=O) groups excluding carboxylic acids is 1. The van der Waals surface area contributed by atoms with Gasteiger partial charge in [0.05, 0.1) is 0 Å². The summed E-state index contributed by atoms with van der Waals surface area (Å²) >= 11 is 1.95. The smallest absolute Gasteiger partial charge is 0.226 e. The first-order valence-electron chi connectivity index (χ1n) is 6.32. The molecule has 1 amide bonds. The average molecular weight is 242 g/mol. The lowest BCUT2D eigenvalue weighted by atomic mass is 9.94. The topological polar surface area (TPSA) is 46.3 Å². The molecule has 1 saturated carbocycles. The minimum atomic E-state index is 0.218. The number of hydrogen-bond donors (Lipinski definition) is 1. The molecule has 0 aromatic heterocycles. The third-order valence-electron chi connectivity index (χ3n) is 3.93. The molecule has 0 radical (unpaired) electrons. The van der Waals surface area contributed by atoms with Crippen molar-refractivity contribution in [3.8, 4) is 0 Å². The molecule has 4 heteroatoms. The minimum absolute atomic E-state index is 0.218. The molecule has 3 unspecified atom stereocenters. The van der Waals surface area contributed by atoms with Gasteiger partial charge in [-0.2, -0.15) is 11.8 Å². The van der Waals surface area contributed by atoms with Gasteiger partial charge in [0.1, 0.15) is 0 Å². The first-order valence-corrected chi connectivity index (χ1v) is 7.47. The van der Waals surface area contributed by atoms with Crippen LogP contribution < -0.4 is 5.73 Å². The molecule has 1 heterocycles. The summed E-state index contributed by atoms with van der Waals surface area (Å²) in [5.74, 6) is 3.22. The van der Waals surface area contributed by atoms with Crippen LogP contribution in [-0.4, -0.2) is 41.4 Å². The second-order valence-electron chi connectivity index (χ2n) is 4.99. The number of carbonyl (C=O) groups is 1. The Morgan fingerprint density at radius 2 is 2.31 bits per heavy atom. The number of nitrogens with zero attached hydrogens (tertiary/aromatic N) is 1. The molecule has 3 nitrogen and oxygen atoms in total. The van der Waals surface area contributed by atoms with E-state index in [1.807, 2.05) is 11.8 Å². The van der Waals surface area contributed by atoms with Gasteiger partial charge < -0.3 is 10.6 Å². The van der Waals surface area contributed by atoms with Gasteiger partial charge in [-0.25, -0.2) is 0 Å². The molecule has 2 N–H and O–H groups in total. The van der Waals surface area contributed by atoms with Crippen LogP contribution in [0.1, 0.15) is 26.2 Å². The molecular formula is C12H22N2OS. The number of nitrogens with two attached hydrogens (primary N) is 1. The van der Waals surface area contributed by atoms with Crippen molar-refractivity contribution in [3.63, 3.8) is 0 Å². The SMILES string of the molecule is CC1CSCCN1C(=O)C1CCCC1CN. The molecule has 0 spiro atoms. The number of rotatable bonds is 2. The highest BCUT2D eigenvalue weighted by Crippen LogP contribution is 2.33. The van der Waals surface area contributed by atoms with E-state index in [2.05, 4.69) is 11.8 Å². The van der Waals surface area contributed by atoms with Crippen LogP contribution in [-0.2, 0) is 4.79 Å². The van der Waals surface area contributed by atoms with E-state index >= 15 is 0 Å². The number of hydrogen-bond acceptors (Lipinski definition) is 3. The van der Waals surface area contributed by atoms with E-state index in [1.165, 1.54) is 6.42 Å². The maximum absolute atomic E-state index is 12.4. The Bertz CT molecular complexity index is 255. The maximum Gasteiger partial charge on any atom is 0.226 e. The third-order valence-corrected chi connectivity index (χ3v) is 5.12. The summed E-state index contributed by atoms with van der Waals surface area (Å²) in [6.45, 7) is 3.77. The van der Waals surface area contributed by atoms with Gasteiger partial charge in [0.25, 0.3) is 0 Å². The Kier molecular flexibility index (Phi) is 4.14. The Labute approximate surface area is 102 Å². The summed E-state index contributed by atoms with van der Waals surface area (Å²) < 4.78 is 0. The van der Waals surface area contributed by atoms with Crippen LogP contribution in [0.2, 0.25) is 0 Å². The Hall–Kier alpha value is -0.220. The van der Waals surface area contributed by atoms with E-state index in [0.717, 1.165) is 30.9 Å². The monoisotopic (exact) mass is 242 g/mol. The summed E-state index contributed by atoms with van der Waals surface area (Å²) in [6.07, 6.45) is 3.37. The van der Waals surface area contributed by atoms with Crippen LogP contribution in [0, 0.1) is 11.8 Å². The third kappa shape index (κ3) is 2.38. The first kappa shape index (κ1) is 12.2. The number of amides is 1. The van der Waals surface area contributed by atoms with Gasteiger partial charge in [-0.3, -0.25) is 4.79 Å². The van der Waals surface area contributed by atoms with Crippen molar-refractivity contribution >= 4 is 17.7 Å². The molecule has 1 saturated heterocycles. The van der Waals surface area contributed by atoms with Crippen LogP contribution in [0.25, 0.3) is 0 Å². The van der Waals surface area contributed by atoms with E-state index in [4.69, 9.17) is 5.73 Å². The van der Waals surface area contributed by atoms with Crippen molar-refractivity contribution in [3.05, 3.63) is 0 Å². The predicted octanol–water partition coefficient (Wildman–Crippen LogP) is 1.33. The van der Waals surface area contributed by atoms with Gasteiger partial charge in [0, 0.05) is 30.0 Å². The zero-order valence-corrected chi connectivity index (χ0v) is 10.8. The second kappa shape index (κ2) is 5.41. The van der Waals surface area contributed by atoms with E-state index in [1.54, 1.807) is 0 Å². The normalized spacial score (nSPS) is 35.4. The van der Waals surface area contributed by atoms with E-state index in [-0.39, 0.29) is 5.92 Å². The number of thioether (sulfide) groups is 1. The molecule has 2 fully saturated rings. The standard InChI is InChI=1S/C12H22N2OS/c1-9-8-16-6-5-14(9)12(15)11-4-2-3-10(11)7-13/h9-11H,2-8,13H2,1H3. The molecule has 0 bridgehead atoms. The van der Waals surface area contributed by atoms with Crippen molar-refractivity contribution in [2.45, 2.75) is 32.2 Å². The van der Waals surface area contributed by atoms with Crippen LogP contribution in [0.3, 0.4) is 0 Å². The Morgan fingerprint density at radius 3 is 3.00 bits per heavy atom. The first-order chi connectivity index (χ1) is 7.74. The van der Waals surface area contributed by atoms with Crippen molar-refractivity contribution in [1.82, 2.24) is 4.90 Å². The van der Waals surface area contributed by atoms with Gasteiger partial charge in [-0.05, 0) is 32.2 Å². The highest BCUT2D eigenvalue weighted by Gasteiger charge is 2.36. The maximum atomic E-state index is 12.4. The molecule has 2 aliphatic rings. The highest BCUT2D eigenvalue weighted by atomic mass is 32.2. The van der Waals surface area contributed by atoms with Gasteiger partial charge >= 0.3 is 0 Å². The van der Waals surface area contributed by atoms with Crippen LogP contribution in [0.15, 0.2) is 0 Å². The average Bonchev–Trinajstić information content (AvgIpc) is 2.77.